The zero-order valence-electron chi connectivity index (χ0n) is 28.3. The summed E-state index contributed by atoms with van der Waals surface area (Å²) in [4.78, 5) is 27.1. The number of carbonyl (C=O) groups excluding carboxylic acids is 2. The number of unbranched alkanes of at least 4 members (excludes halogenated alkanes) is 1. The van der Waals surface area contributed by atoms with E-state index >= 15 is 0 Å². The van der Waals surface area contributed by atoms with E-state index in [-0.39, 0.29) is 91.5 Å². The van der Waals surface area contributed by atoms with E-state index in [4.69, 9.17) is 0 Å². The Morgan fingerprint density at radius 2 is 0.957 bits per heavy atom. The molecule has 47 heavy (non-hydrogen) atoms. The molecule has 0 amide bonds. The summed E-state index contributed by atoms with van der Waals surface area (Å²) in [6.07, 6.45) is 6.52. The van der Waals surface area contributed by atoms with E-state index in [2.05, 4.69) is 6.92 Å². The third-order valence-corrected chi connectivity index (χ3v) is 9.71. The van der Waals surface area contributed by atoms with Crippen LogP contribution in [0.1, 0.15) is 117 Å². The highest BCUT2D eigenvalue weighted by atomic mass is 16.3. The summed E-state index contributed by atoms with van der Waals surface area (Å²) in [6.45, 7) is 11.6. The number of carbonyl (C=O) groups is 2. The van der Waals surface area contributed by atoms with Gasteiger partial charge in [-0.15, -0.1) is 0 Å². The highest BCUT2D eigenvalue weighted by molar-refractivity contribution is 6.16. The van der Waals surface area contributed by atoms with Gasteiger partial charge in [-0.2, -0.15) is 0 Å². The first-order valence-corrected chi connectivity index (χ1v) is 16.8. The average Bonchev–Trinajstić information content (AvgIpc) is 3.02. The number of rotatable bonds is 14. The minimum atomic E-state index is -0.554. The van der Waals surface area contributed by atoms with Crippen LogP contribution in [0.25, 0.3) is 32.7 Å². The van der Waals surface area contributed by atoms with Gasteiger partial charge in [0.2, 0.25) is 0 Å². The fourth-order valence-corrected chi connectivity index (χ4v) is 6.98. The molecule has 0 saturated carbocycles. The number of hydrogen-bond donors (Lipinski definition) is 6. The number of aryl methyl sites for hydroxylation is 2. The highest BCUT2D eigenvalue weighted by Crippen LogP contribution is 2.51. The Hall–Kier alpha value is -4.46. The molecule has 0 bridgehead atoms. The van der Waals surface area contributed by atoms with Crippen LogP contribution in [-0.2, 0) is 0 Å². The maximum Gasteiger partial charge on any atom is 0.169 e. The number of aromatic hydroxyl groups is 6. The van der Waals surface area contributed by atoms with E-state index in [1.165, 1.54) is 12.1 Å². The van der Waals surface area contributed by atoms with Gasteiger partial charge in [-0.3, -0.25) is 9.59 Å². The van der Waals surface area contributed by atoms with Crippen LogP contribution in [0.2, 0.25) is 0 Å². The standard InChI is InChI=1S/C39H48O8/c1-7-11-13-23(10-4)17-29(41)35-25-15-21(6)33(37(45)27(25)19-31(43)39(35)47)32-20(5)14-24-26(36(32)44)18-30(42)38(46)34(24)28(40)16-22(9-3)12-8-2/h14-15,18-19,22-23,42-47H,7-13,16-17H2,1-6H3. The largest absolute Gasteiger partial charge is 0.507 e. The Morgan fingerprint density at radius 1 is 0.553 bits per heavy atom. The summed E-state index contributed by atoms with van der Waals surface area (Å²) in [5.74, 6) is -3.28. The van der Waals surface area contributed by atoms with Crippen molar-refractivity contribution in [2.75, 3.05) is 0 Å². The molecule has 0 aliphatic rings. The van der Waals surface area contributed by atoms with E-state index in [1.54, 1.807) is 26.0 Å². The van der Waals surface area contributed by atoms with E-state index in [1.807, 2.05) is 20.8 Å². The van der Waals surface area contributed by atoms with Crippen molar-refractivity contribution in [3.05, 3.63) is 46.5 Å². The lowest BCUT2D eigenvalue weighted by Gasteiger charge is -2.21. The Labute approximate surface area is 276 Å². The number of fused-ring (bicyclic) bond motifs is 2. The quantitative estimate of drug-likeness (QED) is 0.0585. The van der Waals surface area contributed by atoms with Crippen LogP contribution in [0.3, 0.4) is 0 Å². The minimum Gasteiger partial charge on any atom is -0.507 e. The van der Waals surface area contributed by atoms with Crippen LogP contribution in [0.4, 0.5) is 0 Å². The fraction of sp³-hybridized carbons (Fsp3) is 0.436. The molecule has 0 aromatic heterocycles. The normalized spacial score (nSPS) is 12.9. The Balaban J connectivity index is 1.94. The molecule has 4 aromatic rings. The maximum absolute atomic E-state index is 13.6. The number of hydrogen-bond acceptors (Lipinski definition) is 8. The topological polar surface area (TPSA) is 156 Å². The van der Waals surface area contributed by atoms with Crippen molar-refractivity contribution in [1.82, 2.24) is 0 Å². The minimum absolute atomic E-state index is 0.0589. The number of ketones is 2. The number of phenolic OH excluding ortho intramolecular Hbond substituents is 6. The summed E-state index contributed by atoms with van der Waals surface area (Å²) < 4.78 is 0. The number of phenols is 6. The summed E-state index contributed by atoms with van der Waals surface area (Å²) in [6, 6.07) is 5.68. The third kappa shape index (κ3) is 6.69. The fourth-order valence-electron chi connectivity index (χ4n) is 6.98. The number of benzene rings is 4. The zero-order chi connectivity index (χ0) is 34.7. The van der Waals surface area contributed by atoms with Crippen molar-refractivity contribution in [2.24, 2.45) is 11.8 Å². The first-order valence-electron chi connectivity index (χ1n) is 16.8. The molecule has 0 spiro atoms. The van der Waals surface area contributed by atoms with Gasteiger partial charge in [-0.05, 0) is 61.1 Å². The maximum atomic E-state index is 13.6. The molecule has 0 aliphatic carbocycles. The Morgan fingerprint density at radius 3 is 1.32 bits per heavy atom. The van der Waals surface area contributed by atoms with Gasteiger partial charge in [-0.1, -0.05) is 72.6 Å². The van der Waals surface area contributed by atoms with Gasteiger partial charge in [0.1, 0.15) is 11.5 Å². The summed E-state index contributed by atoms with van der Waals surface area (Å²) in [7, 11) is 0. The molecule has 2 unspecified atom stereocenters. The predicted molar refractivity (Wildman–Crippen MR) is 186 cm³/mol. The molecular weight excluding hydrogens is 596 g/mol. The molecule has 0 fully saturated rings. The van der Waals surface area contributed by atoms with Crippen LogP contribution in [0.5, 0.6) is 34.5 Å². The second-order valence-corrected chi connectivity index (χ2v) is 13.0. The van der Waals surface area contributed by atoms with Gasteiger partial charge in [-0.25, -0.2) is 0 Å². The second-order valence-electron chi connectivity index (χ2n) is 13.0. The van der Waals surface area contributed by atoms with Crippen molar-refractivity contribution in [3.8, 4) is 45.6 Å². The molecule has 8 nitrogen and oxygen atoms in total. The van der Waals surface area contributed by atoms with Crippen LogP contribution in [-0.4, -0.2) is 42.2 Å². The van der Waals surface area contributed by atoms with Gasteiger partial charge in [0, 0.05) is 45.5 Å². The molecule has 0 aliphatic heterocycles. The molecule has 8 heteroatoms. The third-order valence-electron chi connectivity index (χ3n) is 9.71. The van der Waals surface area contributed by atoms with Crippen LogP contribution < -0.4 is 0 Å². The molecule has 4 aromatic carbocycles. The molecule has 0 radical (unpaired) electrons. The van der Waals surface area contributed by atoms with Crippen molar-refractivity contribution >= 4 is 33.1 Å². The Bertz CT molecular complexity index is 1840. The van der Waals surface area contributed by atoms with E-state index in [0.717, 1.165) is 44.9 Å². The molecule has 6 N–H and O–H groups in total. The van der Waals surface area contributed by atoms with Crippen molar-refractivity contribution in [2.45, 2.75) is 99.3 Å². The summed E-state index contributed by atoms with van der Waals surface area (Å²) >= 11 is 0. The van der Waals surface area contributed by atoms with E-state index < -0.39 is 23.0 Å². The van der Waals surface area contributed by atoms with Gasteiger partial charge in [0.15, 0.2) is 34.6 Å². The zero-order valence-corrected chi connectivity index (χ0v) is 28.3. The number of Topliss-reactive ketones (excluding diaryl/α,β-unsaturated/α-hetero) is 2. The van der Waals surface area contributed by atoms with Gasteiger partial charge < -0.3 is 30.6 Å². The molecular formula is C39H48O8. The molecule has 2 atom stereocenters. The molecule has 0 saturated heterocycles. The van der Waals surface area contributed by atoms with Crippen LogP contribution in [0, 0.1) is 25.7 Å². The molecule has 252 valence electrons. The summed E-state index contributed by atoms with van der Waals surface area (Å²) in [5.41, 5.74) is 1.29. The van der Waals surface area contributed by atoms with Gasteiger partial charge in [0.05, 0.1) is 11.1 Å². The lowest BCUT2D eigenvalue weighted by Crippen LogP contribution is -2.10. The lowest BCUT2D eigenvalue weighted by molar-refractivity contribution is 0.0947. The van der Waals surface area contributed by atoms with Crippen molar-refractivity contribution < 1.29 is 40.2 Å². The SMILES string of the molecule is CCCCC(CC)CC(=O)c1c(O)c(O)cc2c(O)c(-c3c(C)cc4c(C(=O)CC(CC)CCC)c(O)c(O)cc4c3O)c(C)cc12. The second kappa shape index (κ2) is 14.5. The summed E-state index contributed by atoms with van der Waals surface area (Å²) in [5, 5.41) is 67.3. The van der Waals surface area contributed by atoms with E-state index in [0.29, 0.717) is 11.1 Å². The van der Waals surface area contributed by atoms with Crippen molar-refractivity contribution in [1.29, 1.82) is 0 Å². The average molecular weight is 645 g/mol. The molecule has 0 heterocycles. The first-order chi connectivity index (χ1) is 22.3. The monoisotopic (exact) mass is 644 g/mol. The smallest absolute Gasteiger partial charge is 0.169 e. The van der Waals surface area contributed by atoms with Gasteiger partial charge in [0.25, 0.3) is 0 Å². The first kappa shape index (κ1) is 35.4. The van der Waals surface area contributed by atoms with Gasteiger partial charge >= 0.3 is 0 Å². The molecule has 4 rings (SSSR count). The Kier molecular flexibility index (Phi) is 10.9. The van der Waals surface area contributed by atoms with E-state index in [9.17, 15) is 40.2 Å². The van der Waals surface area contributed by atoms with Crippen LogP contribution in [0.15, 0.2) is 24.3 Å². The predicted octanol–water partition coefficient (Wildman–Crippen LogP) is 9.70. The van der Waals surface area contributed by atoms with Crippen LogP contribution >= 0.6 is 0 Å². The lowest BCUT2D eigenvalue weighted by atomic mass is 9.85. The van der Waals surface area contributed by atoms with Crippen molar-refractivity contribution in [3.63, 3.8) is 0 Å². The highest BCUT2D eigenvalue weighted by Gasteiger charge is 2.29.